The number of aliphatic hydroxyl groups is 1. The summed E-state index contributed by atoms with van der Waals surface area (Å²) in [7, 11) is 0. The van der Waals surface area contributed by atoms with Crippen LogP contribution in [0.2, 0.25) is 0 Å². The Kier molecular flexibility index (Phi) is 7.76. The monoisotopic (exact) mass is 707 g/mol. The molecule has 10 atom stereocenters. The normalized spacial score (nSPS) is 37.7. The van der Waals surface area contributed by atoms with Gasteiger partial charge in [0.05, 0.1) is 31.6 Å². The molecule has 4 aromatic heterocycles. The van der Waals surface area contributed by atoms with Gasteiger partial charge in [0.2, 0.25) is 5.95 Å². The number of nitrogens with two attached hydrogens (primary N) is 2. The number of aromatic amines is 1. The summed E-state index contributed by atoms with van der Waals surface area (Å²) in [5.74, 6) is -0.234. The van der Waals surface area contributed by atoms with E-state index in [-0.39, 0.29) is 22.8 Å². The van der Waals surface area contributed by atoms with Crippen LogP contribution in [0.5, 0.6) is 0 Å². The van der Waals surface area contributed by atoms with E-state index >= 15 is 4.39 Å². The number of nitrogens with zero attached hydrogens (tertiary/aromatic N) is 6. The third kappa shape index (κ3) is 5.57. The smallest absolute Gasteiger partial charge is 0.386 e. The molecule has 0 saturated carbocycles. The van der Waals surface area contributed by atoms with Crippen molar-refractivity contribution in [3.8, 4) is 0 Å². The van der Waals surface area contributed by atoms with E-state index in [1.807, 2.05) is 0 Å². The fourth-order valence-corrected chi connectivity index (χ4v) is 8.29. The summed E-state index contributed by atoms with van der Waals surface area (Å²) < 4.78 is 79.2. The van der Waals surface area contributed by atoms with Crippen molar-refractivity contribution in [3.05, 3.63) is 35.3 Å². The average Bonchev–Trinajstić information content (AvgIpc) is 3.72. The van der Waals surface area contributed by atoms with Crippen LogP contribution in [-0.2, 0) is 36.7 Å². The molecule has 7 heterocycles. The third-order valence-corrected chi connectivity index (χ3v) is 10.6. The fourth-order valence-electron chi connectivity index (χ4n) is 5.34. The van der Waals surface area contributed by atoms with Crippen molar-refractivity contribution in [2.24, 2.45) is 0 Å². The number of nitrogens with one attached hydrogen (secondary N) is 1. The number of anilines is 2. The second-order valence-corrected chi connectivity index (χ2v) is 16.0. The second kappa shape index (κ2) is 11.3. The van der Waals surface area contributed by atoms with Crippen LogP contribution in [0.1, 0.15) is 12.5 Å². The van der Waals surface area contributed by atoms with Crippen molar-refractivity contribution < 1.29 is 46.2 Å². The van der Waals surface area contributed by atoms with Crippen molar-refractivity contribution in [1.29, 1.82) is 0 Å². The van der Waals surface area contributed by atoms with Gasteiger partial charge in [0, 0.05) is 6.20 Å². The van der Waals surface area contributed by atoms with Gasteiger partial charge in [0.15, 0.2) is 35.4 Å². The Labute approximate surface area is 261 Å². The van der Waals surface area contributed by atoms with E-state index in [1.54, 1.807) is 0 Å². The molecular weight excluding hydrogens is 683 g/mol. The number of pyridine rings is 1. The van der Waals surface area contributed by atoms with Gasteiger partial charge in [-0.15, -0.1) is 0 Å². The van der Waals surface area contributed by atoms with Gasteiger partial charge in [-0.2, -0.15) is 4.98 Å². The molecule has 19 nitrogen and oxygen atoms in total. The van der Waals surface area contributed by atoms with Crippen LogP contribution in [0.4, 0.5) is 16.0 Å². The van der Waals surface area contributed by atoms with Crippen molar-refractivity contribution >= 4 is 72.1 Å². The Hall–Kier alpha value is -2.62. The van der Waals surface area contributed by atoms with Crippen LogP contribution in [0, 0.1) is 0 Å². The summed E-state index contributed by atoms with van der Waals surface area (Å²) in [4.78, 5) is 31.1. The van der Waals surface area contributed by atoms with Crippen LogP contribution < -0.4 is 17.0 Å². The first-order valence-electron chi connectivity index (χ1n) is 13.1. The van der Waals surface area contributed by atoms with E-state index in [1.165, 1.54) is 34.1 Å². The Morgan fingerprint density at radius 1 is 0.933 bits per heavy atom. The first-order chi connectivity index (χ1) is 21.3. The maximum absolute atomic E-state index is 16.0. The van der Waals surface area contributed by atoms with Crippen molar-refractivity contribution in [1.82, 2.24) is 34.1 Å². The molecule has 4 unspecified atom stereocenters. The zero-order valence-electron chi connectivity index (χ0n) is 22.5. The van der Waals surface area contributed by atoms with Gasteiger partial charge >= 0.3 is 13.6 Å². The molecular formula is C21H24FN9O10P2S2. The number of rotatable bonds is 2. The number of thiol groups is 2. The summed E-state index contributed by atoms with van der Waals surface area (Å²) in [5, 5.41) is 11.1. The van der Waals surface area contributed by atoms with E-state index in [2.05, 4.69) is 49.4 Å². The average molecular weight is 708 g/mol. The molecule has 6 N–H and O–H groups in total. The van der Waals surface area contributed by atoms with Gasteiger partial charge < -0.3 is 26.0 Å². The minimum absolute atomic E-state index is 0.0478. The molecule has 3 fully saturated rings. The maximum Gasteiger partial charge on any atom is 0.386 e. The lowest BCUT2D eigenvalue weighted by molar-refractivity contribution is -0.0568. The maximum atomic E-state index is 16.0. The lowest BCUT2D eigenvalue weighted by atomic mass is 10.1. The number of aliphatic hydroxyl groups excluding tert-OH is 1. The van der Waals surface area contributed by atoms with Gasteiger partial charge in [-0.05, 0) is 6.07 Å². The first-order valence-corrected chi connectivity index (χ1v) is 18.4. The summed E-state index contributed by atoms with van der Waals surface area (Å²) in [6.45, 7) is -10.1. The SMILES string of the molecule is Nc1nc2c(ncn2[C@@H]2O[C@@H]3COP(=O)(S)OC4[C@@H](COP(=O)(S)O[C@H]2C3O)O[C@@H](n2cnc3c(N)ccnc32)[C@H]4F)c(=O)[nH]1. The largest absolute Gasteiger partial charge is 0.397 e. The number of imidazole rings is 2. The third-order valence-electron chi connectivity index (χ3n) is 7.38. The first kappa shape index (κ1) is 31.0. The molecule has 4 aromatic rings. The van der Waals surface area contributed by atoms with E-state index in [9.17, 15) is 19.0 Å². The molecule has 3 aliphatic heterocycles. The number of H-pyrrole nitrogens is 1. The Morgan fingerprint density at radius 3 is 2.29 bits per heavy atom. The highest BCUT2D eigenvalue weighted by molar-refractivity contribution is 8.44. The zero-order valence-corrected chi connectivity index (χ0v) is 26.0. The number of fused-ring (bicyclic) bond motifs is 5. The van der Waals surface area contributed by atoms with Crippen molar-refractivity contribution in [3.63, 3.8) is 0 Å². The van der Waals surface area contributed by atoms with E-state index < -0.39 is 81.5 Å². The summed E-state index contributed by atoms with van der Waals surface area (Å²) in [6.07, 6.45) is -8.35. The van der Waals surface area contributed by atoms with Gasteiger partial charge in [-0.3, -0.25) is 37.0 Å². The molecule has 24 heteroatoms. The lowest BCUT2D eigenvalue weighted by Gasteiger charge is -2.26. The Morgan fingerprint density at radius 2 is 1.56 bits per heavy atom. The summed E-state index contributed by atoms with van der Waals surface area (Å²) in [5.41, 5.74) is 11.6. The molecule has 0 amide bonds. The molecule has 0 radical (unpaired) electrons. The van der Waals surface area contributed by atoms with Crippen LogP contribution in [0.3, 0.4) is 0 Å². The molecule has 3 aliphatic rings. The lowest BCUT2D eigenvalue weighted by Crippen LogP contribution is -2.35. The number of hydrogen-bond donors (Lipinski definition) is 6. The molecule has 0 aromatic carbocycles. The van der Waals surface area contributed by atoms with Crippen LogP contribution in [0.15, 0.2) is 29.7 Å². The standard InChI is InChI=1S/C21H24FN9O10P2S2/c22-10-14-9(39-19(10)30-5-26-11-7(23)1-2-25-16(11)30)4-37-43(35,45)41-15-13(32)8(3-36-42(34,44)40-14)38-20(15)31-6-27-12-17(31)28-21(24)29-18(12)33/h1-2,5-6,8-10,13-15,19-20,32H,3-4H2,(H2,23,25)(H,34,44)(H,35,45)(H3,24,28,29,33)/t8-,9-,10+,13?,14?,15+,19-,20-,42?,43?/m1/s1. The molecule has 7 rings (SSSR count). The van der Waals surface area contributed by atoms with E-state index in [0.717, 1.165) is 0 Å². The van der Waals surface area contributed by atoms with Crippen LogP contribution in [-0.4, -0.2) is 89.1 Å². The number of aromatic nitrogens is 7. The number of nitrogen functional groups attached to an aromatic ring is 2. The molecule has 3 saturated heterocycles. The molecule has 0 aliphatic carbocycles. The highest BCUT2D eigenvalue weighted by Gasteiger charge is 2.54. The number of halogens is 1. The predicted molar refractivity (Wildman–Crippen MR) is 158 cm³/mol. The number of alkyl halides is 1. The van der Waals surface area contributed by atoms with E-state index in [0.29, 0.717) is 11.2 Å². The fraction of sp³-hybridized carbons (Fsp3) is 0.476. The second-order valence-electron chi connectivity index (χ2n) is 10.2. The number of ether oxygens (including phenoxy) is 2. The van der Waals surface area contributed by atoms with E-state index in [4.69, 9.17) is 39.0 Å². The van der Waals surface area contributed by atoms with Gasteiger partial charge in [0.25, 0.3) is 5.56 Å². The van der Waals surface area contributed by atoms with Gasteiger partial charge in [-0.25, -0.2) is 28.5 Å². The van der Waals surface area contributed by atoms with Crippen LogP contribution >= 0.6 is 38.1 Å². The Balaban J connectivity index is 1.21. The van der Waals surface area contributed by atoms with Gasteiger partial charge in [0.1, 0.15) is 36.0 Å². The quantitative estimate of drug-likeness (QED) is 0.126. The number of hydrogen-bond acceptors (Lipinski definition) is 16. The molecule has 242 valence electrons. The van der Waals surface area contributed by atoms with Crippen LogP contribution in [0.25, 0.3) is 22.3 Å². The highest BCUT2D eigenvalue weighted by Crippen LogP contribution is 2.60. The highest BCUT2D eigenvalue weighted by atomic mass is 32.7. The van der Waals surface area contributed by atoms with Crippen molar-refractivity contribution in [2.75, 3.05) is 24.7 Å². The van der Waals surface area contributed by atoms with Crippen molar-refractivity contribution in [2.45, 2.75) is 49.1 Å². The Bertz CT molecular complexity index is 1950. The summed E-state index contributed by atoms with van der Waals surface area (Å²) >= 11 is 8.05. The molecule has 0 spiro atoms. The predicted octanol–water partition coefficient (Wildman–Crippen LogP) is 1.12. The topological polar surface area (TPSA) is 256 Å². The summed E-state index contributed by atoms with van der Waals surface area (Å²) in [6, 6.07) is 1.52. The zero-order chi connectivity index (χ0) is 31.8. The molecule has 2 bridgehead atoms. The molecule has 45 heavy (non-hydrogen) atoms. The van der Waals surface area contributed by atoms with Gasteiger partial charge in [-0.1, -0.05) is 24.5 Å². The minimum atomic E-state index is -4.41. The minimum Gasteiger partial charge on any atom is -0.397 e.